The van der Waals surface area contributed by atoms with Crippen LogP contribution in [-0.4, -0.2) is 35.1 Å². The lowest BCUT2D eigenvalue weighted by Crippen LogP contribution is -2.40. The van der Waals surface area contributed by atoms with Crippen molar-refractivity contribution < 1.29 is 9.90 Å². The lowest BCUT2D eigenvalue weighted by molar-refractivity contribution is 0.0366. The molecule has 3 heteroatoms. The first-order valence-corrected chi connectivity index (χ1v) is 6.60. The van der Waals surface area contributed by atoms with Crippen LogP contribution >= 0.6 is 0 Å². The summed E-state index contributed by atoms with van der Waals surface area (Å²) >= 11 is 0. The van der Waals surface area contributed by atoms with Crippen LogP contribution in [0.1, 0.15) is 50.5 Å². The van der Waals surface area contributed by atoms with Crippen LogP contribution in [0.3, 0.4) is 0 Å². The molecule has 0 heterocycles. The molecule has 1 aromatic rings. The normalized spacial score (nSPS) is 12.4. The van der Waals surface area contributed by atoms with Gasteiger partial charge >= 0.3 is 0 Å². The highest BCUT2D eigenvalue weighted by atomic mass is 16.3. The van der Waals surface area contributed by atoms with Crippen LogP contribution in [0.2, 0.25) is 0 Å². The zero-order valence-electron chi connectivity index (χ0n) is 12.8. The summed E-state index contributed by atoms with van der Waals surface area (Å²) in [6, 6.07) is 7.67. The maximum Gasteiger partial charge on any atom is 0.253 e. The maximum absolute atomic E-state index is 12.5. The molecule has 1 N–H and O–H groups in total. The van der Waals surface area contributed by atoms with E-state index in [9.17, 15) is 9.90 Å². The fraction of sp³-hybridized carbons (Fsp3) is 0.562. The van der Waals surface area contributed by atoms with Gasteiger partial charge in [0, 0.05) is 19.2 Å². The maximum atomic E-state index is 12.5. The Labute approximate surface area is 116 Å². The van der Waals surface area contributed by atoms with Gasteiger partial charge in [0.05, 0.1) is 5.60 Å². The first kappa shape index (κ1) is 15.7. The van der Waals surface area contributed by atoms with E-state index in [2.05, 4.69) is 20.8 Å². The number of hydrogen-bond acceptors (Lipinski definition) is 2. The molecule has 106 valence electrons. The largest absolute Gasteiger partial charge is 0.389 e. The summed E-state index contributed by atoms with van der Waals surface area (Å²) in [5, 5.41) is 9.82. The zero-order chi connectivity index (χ0) is 14.8. The third kappa shape index (κ3) is 4.35. The number of carbonyl (C=O) groups is 1. The molecule has 0 saturated heterocycles. The van der Waals surface area contributed by atoms with E-state index in [4.69, 9.17) is 0 Å². The Morgan fingerprint density at radius 1 is 1.16 bits per heavy atom. The molecule has 19 heavy (non-hydrogen) atoms. The lowest BCUT2D eigenvalue weighted by Gasteiger charge is -2.28. The van der Waals surface area contributed by atoms with Crippen molar-refractivity contribution in [1.82, 2.24) is 4.90 Å². The molecule has 0 unspecified atom stereocenters. The molecule has 1 amide bonds. The SMILES string of the molecule is CN(CC(C)(C)O)C(=O)c1ccccc1C(C)(C)C. The second-order valence-electron chi connectivity index (χ2n) is 6.77. The molecule has 1 aromatic carbocycles. The topological polar surface area (TPSA) is 40.5 Å². The summed E-state index contributed by atoms with van der Waals surface area (Å²) < 4.78 is 0. The second-order valence-corrected chi connectivity index (χ2v) is 6.77. The summed E-state index contributed by atoms with van der Waals surface area (Å²) in [6.07, 6.45) is 0. The Balaban J connectivity index is 3.07. The molecule has 0 spiro atoms. The Morgan fingerprint density at radius 3 is 2.16 bits per heavy atom. The summed E-state index contributed by atoms with van der Waals surface area (Å²) in [7, 11) is 1.72. The molecular weight excluding hydrogens is 238 g/mol. The van der Waals surface area contributed by atoms with Crippen LogP contribution in [0.5, 0.6) is 0 Å². The van der Waals surface area contributed by atoms with Crippen LogP contribution in [0.15, 0.2) is 24.3 Å². The van der Waals surface area contributed by atoms with Gasteiger partial charge in [-0.25, -0.2) is 0 Å². The van der Waals surface area contributed by atoms with Gasteiger partial charge in [0.25, 0.3) is 5.91 Å². The number of hydrogen-bond donors (Lipinski definition) is 1. The molecule has 1 rings (SSSR count). The van der Waals surface area contributed by atoms with E-state index in [1.807, 2.05) is 24.3 Å². The van der Waals surface area contributed by atoms with Crippen LogP contribution < -0.4 is 0 Å². The molecule has 0 aromatic heterocycles. The van der Waals surface area contributed by atoms with E-state index in [1.165, 1.54) is 0 Å². The molecule has 0 atom stereocenters. The number of rotatable bonds is 3. The Bertz CT molecular complexity index is 453. The van der Waals surface area contributed by atoms with E-state index in [0.717, 1.165) is 5.56 Å². The molecule has 0 aliphatic rings. The molecular formula is C16H25NO2. The fourth-order valence-corrected chi connectivity index (χ4v) is 2.18. The van der Waals surface area contributed by atoms with Crippen LogP contribution in [-0.2, 0) is 5.41 Å². The van der Waals surface area contributed by atoms with Crippen LogP contribution in [0.4, 0.5) is 0 Å². The minimum atomic E-state index is -0.888. The molecule has 0 bridgehead atoms. The average Bonchev–Trinajstić information content (AvgIpc) is 2.24. The highest BCUT2D eigenvalue weighted by Crippen LogP contribution is 2.26. The number of benzene rings is 1. The van der Waals surface area contributed by atoms with Crippen molar-refractivity contribution in [3.63, 3.8) is 0 Å². The minimum absolute atomic E-state index is 0.0485. The quantitative estimate of drug-likeness (QED) is 0.911. The van der Waals surface area contributed by atoms with Crippen molar-refractivity contribution in [2.75, 3.05) is 13.6 Å². The van der Waals surface area contributed by atoms with Crippen LogP contribution in [0, 0.1) is 0 Å². The van der Waals surface area contributed by atoms with Gasteiger partial charge in [-0.05, 0) is 30.9 Å². The Hall–Kier alpha value is -1.35. The van der Waals surface area contributed by atoms with Crippen LogP contribution in [0.25, 0.3) is 0 Å². The predicted octanol–water partition coefficient (Wildman–Crippen LogP) is 2.83. The number of likely N-dealkylation sites (N-methyl/N-ethyl adjacent to an activating group) is 1. The van der Waals surface area contributed by atoms with Gasteiger partial charge in [-0.15, -0.1) is 0 Å². The van der Waals surface area contributed by atoms with Crippen molar-refractivity contribution in [3.05, 3.63) is 35.4 Å². The smallest absolute Gasteiger partial charge is 0.253 e. The number of carbonyl (C=O) groups excluding carboxylic acids is 1. The highest BCUT2D eigenvalue weighted by molar-refractivity contribution is 5.96. The molecule has 0 radical (unpaired) electrons. The van der Waals surface area contributed by atoms with Crippen molar-refractivity contribution in [1.29, 1.82) is 0 Å². The van der Waals surface area contributed by atoms with Gasteiger partial charge < -0.3 is 10.0 Å². The Kier molecular flexibility index (Phi) is 4.41. The van der Waals surface area contributed by atoms with E-state index >= 15 is 0 Å². The average molecular weight is 263 g/mol. The van der Waals surface area contributed by atoms with E-state index in [0.29, 0.717) is 12.1 Å². The van der Waals surface area contributed by atoms with Gasteiger partial charge in [0.2, 0.25) is 0 Å². The van der Waals surface area contributed by atoms with Crippen molar-refractivity contribution in [2.24, 2.45) is 0 Å². The van der Waals surface area contributed by atoms with E-state index in [-0.39, 0.29) is 11.3 Å². The fourth-order valence-electron chi connectivity index (χ4n) is 2.18. The van der Waals surface area contributed by atoms with Gasteiger partial charge in [-0.2, -0.15) is 0 Å². The van der Waals surface area contributed by atoms with Crippen molar-refractivity contribution in [2.45, 2.75) is 45.6 Å². The van der Waals surface area contributed by atoms with Gasteiger partial charge in [0.1, 0.15) is 0 Å². The minimum Gasteiger partial charge on any atom is -0.389 e. The third-order valence-electron chi connectivity index (χ3n) is 2.94. The molecule has 0 aliphatic heterocycles. The highest BCUT2D eigenvalue weighted by Gasteiger charge is 2.25. The van der Waals surface area contributed by atoms with Crippen molar-refractivity contribution in [3.8, 4) is 0 Å². The summed E-state index contributed by atoms with van der Waals surface area (Å²) in [5.41, 5.74) is 0.771. The number of amides is 1. The number of aliphatic hydroxyl groups is 1. The van der Waals surface area contributed by atoms with Gasteiger partial charge in [0.15, 0.2) is 0 Å². The first-order chi connectivity index (χ1) is 8.52. The molecule has 0 aliphatic carbocycles. The zero-order valence-corrected chi connectivity index (χ0v) is 12.8. The molecule has 0 saturated carbocycles. The summed E-state index contributed by atoms with van der Waals surface area (Å²) in [5.74, 6) is -0.0485. The monoisotopic (exact) mass is 263 g/mol. The number of nitrogens with zero attached hydrogens (tertiary/aromatic N) is 1. The first-order valence-electron chi connectivity index (χ1n) is 6.60. The molecule has 0 fully saturated rings. The third-order valence-corrected chi connectivity index (χ3v) is 2.94. The van der Waals surface area contributed by atoms with E-state index < -0.39 is 5.60 Å². The van der Waals surface area contributed by atoms with Gasteiger partial charge in [-0.3, -0.25) is 4.79 Å². The Morgan fingerprint density at radius 2 is 1.68 bits per heavy atom. The van der Waals surface area contributed by atoms with Crippen molar-refractivity contribution >= 4 is 5.91 Å². The summed E-state index contributed by atoms with van der Waals surface area (Å²) in [4.78, 5) is 14.1. The summed E-state index contributed by atoms with van der Waals surface area (Å²) in [6.45, 7) is 9.99. The second kappa shape index (κ2) is 5.33. The van der Waals surface area contributed by atoms with E-state index in [1.54, 1.807) is 25.8 Å². The predicted molar refractivity (Wildman–Crippen MR) is 78.4 cm³/mol. The standard InChI is InChI=1S/C16H25NO2/c1-15(2,3)13-10-8-7-9-12(13)14(18)17(6)11-16(4,5)19/h7-10,19H,11H2,1-6H3. The lowest BCUT2D eigenvalue weighted by atomic mass is 9.83. The molecule has 3 nitrogen and oxygen atoms in total. The van der Waals surface area contributed by atoms with Gasteiger partial charge in [-0.1, -0.05) is 39.0 Å².